The lowest BCUT2D eigenvalue weighted by Crippen LogP contribution is -2.45. The largest absolute Gasteiger partial charge is 0.338 e. The highest BCUT2D eigenvalue weighted by molar-refractivity contribution is 5.95. The van der Waals surface area contributed by atoms with Crippen LogP contribution in [0, 0.1) is 19.3 Å². The van der Waals surface area contributed by atoms with E-state index in [0.717, 1.165) is 49.2 Å². The number of carbonyl (C=O) groups is 1. The van der Waals surface area contributed by atoms with Gasteiger partial charge in [-0.05, 0) is 20.9 Å². The van der Waals surface area contributed by atoms with Gasteiger partial charge in [0.25, 0.3) is 0 Å². The van der Waals surface area contributed by atoms with Crippen LogP contribution < -0.4 is 10.2 Å². The molecule has 22 heavy (non-hydrogen) atoms. The smallest absolute Gasteiger partial charge is 0.229 e. The molecule has 1 amide bonds. The lowest BCUT2D eigenvalue weighted by molar-refractivity contribution is -0.123. The Hall–Kier alpha value is -1.69. The first-order chi connectivity index (χ1) is 10.2. The van der Waals surface area contributed by atoms with Gasteiger partial charge in [0, 0.05) is 31.6 Å². The molecular weight excluding hydrogens is 278 g/mol. The molecular formula is C16H27N5O. The molecule has 0 bridgehead atoms. The second-order valence-electron chi connectivity index (χ2n) is 7.06. The van der Waals surface area contributed by atoms with E-state index < -0.39 is 5.41 Å². The molecule has 2 rings (SSSR count). The first-order valence-corrected chi connectivity index (χ1v) is 7.78. The fourth-order valence-electron chi connectivity index (χ4n) is 2.33. The van der Waals surface area contributed by atoms with Crippen molar-refractivity contribution in [1.82, 2.24) is 14.9 Å². The summed E-state index contributed by atoms with van der Waals surface area (Å²) in [5, 5.41) is 2.96. The number of nitrogens with one attached hydrogen (secondary N) is 1. The first kappa shape index (κ1) is 16.7. The Morgan fingerprint density at radius 2 is 1.55 bits per heavy atom. The number of anilines is 2. The molecule has 6 nitrogen and oxygen atoms in total. The molecule has 0 saturated carbocycles. The number of hydrogen-bond acceptors (Lipinski definition) is 5. The van der Waals surface area contributed by atoms with E-state index in [0.29, 0.717) is 0 Å². The molecule has 0 aromatic carbocycles. The monoisotopic (exact) mass is 305 g/mol. The average Bonchev–Trinajstić information content (AvgIpc) is 2.42. The summed E-state index contributed by atoms with van der Waals surface area (Å²) in [7, 11) is 2.12. The van der Waals surface area contributed by atoms with Gasteiger partial charge in [-0.2, -0.15) is 0 Å². The molecule has 1 fully saturated rings. The predicted molar refractivity (Wildman–Crippen MR) is 89.3 cm³/mol. The van der Waals surface area contributed by atoms with Gasteiger partial charge in [-0.3, -0.25) is 4.79 Å². The van der Waals surface area contributed by atoms with Gasteiger partial charge < -0.3 is 15.1 Å². The van der Waals surface area contributed by atoms with E-state index in [4.69, 9.17) is 0 Å². The molecule has 1 aromatic rings. The Labute approximate surface area is 132 Å². The summed E-state index contributed by atoms with van der Waals surface area (Å²) in [6, 6.07) is 0. The van der Waals surface area contributed by atoms with Crippen molar-refractivity contribution in [3.8, 4) is 0 Å². The lowest BCUT2D eigenvalue weighted by Gasteiger charge is -2.32. The number of aryl methyl sites for hydroxylation is 2. The van der Waals surface area contributed by atoms with Crippen molar-refractivity contribution in [2.45, 2.75) is 34.6 Å². The van der Waals surface area contributed by atoms with E-state index in [-0.39, 0.29) is 5.91 Å². The standard InChI is InChI=1S/C16H27N5O/c1-11-13(19-14(22)16(3,4)5)12(2)18-15(17-11)21-9-7-20(6)8-10-21/h7-10H2,1-6H3,(H,19,22). The van der Waals surface area contributed by atoms with Crippen LogP contribution in [0.15, 0.2) is 0 Å². The normalized spacial score (nSPS) is 16.7. The molecule has 0 spiro atoms. The van der Waals surface area contributed by atoms with Crippen molar-refractivity contribution >= 4 is 17.5 Å². The first-order valence-electron chi connectivity index (χ1n) is 7.78. The number of rotatable bonds is 2. The maximum absolute atomic E-state index is 12.2. The van der Waals surface area contributed by atoms with Gasteiger partial charge in [-0.1, -0.05) is 20.8 Å². The van der Waals surface area contributed by atoms with Gasteiger partial charge in [-0.15, -0.1) is 0 Å². The van der Waals surface area contributed by atoms with Crippen molar-refractivity contribution in [3.63, 3.8) is 0 Å². The highest BCUT2D eigenvalue weighted by atomic mass is 16.2. The Balaban J connectivity index is 2.20. The minimum absolute atomic E-state index is 0.0188. The van der Waals surface area contributed by atoms with Crippen LogP contribution in [0.2, 0.25) is 0 Å². The average molecular weight is 305 g/mol. The highest BCUT2D eigenvalue weighted by Gasteiger charge is 2.24. The van der Waals surface area contributed by atoms with Gasteiger partial charge in [0.15, 0.2) is 0 Å². The molecule has 0 atom stereocenters. The number of carbonyl (C=O) groups excluding carboxylic acids is 1. The minimum atomic E-state index is -0.436. The Bertz CT molecular complexity index is 533. The fraction of sp³-hybridized carbons (Fsp3) is 0.688. The summed E-state index contributed by atoms with van der Waals surface area (Å²) in [4.78, 5) is 25.9. The van der Waals surface area contributed by atoms with E-state index in [1.165, 1.54) is 0 Å². The van der Waals surface area contributed by atoms with Gasteiger partial charge in [0.05, 0.1) is 17.1 Å². The zero-order valence-electron chi connectivity index (χ0n) is 14.5. The third kappa shape index (κ3) is 3.74. The zero-order chi connectivity index (χ0) is 16.5. The van der Waals surface area contributed by atoms with E-state index in [1.54, 1.807) is 0 Å². The maximum Gasteiger partial charge on any atom is 0.229 e. The van der Waals surface area contributed by atoms with Crippen molar-refractivity contribution < 1.29 is 4.79 Å². The molecule has 0 unspecified atom stereocenters. The van der Waals surface area contributed by atoms with E-state index >= 15 is 0 Å². The molecule has 6 heteroatoms. The molecule has 122 valence electrons. The topological polar surface area (TPSA) is 61.4 Å². The fourth-order valence-corrected chi connectivity index (χ4v) is 2.33. The summed E-state index contributed by atoms with van der Waals surface area (Å²) in [5.41, 5.74) is 1.94. The van der Waals surface area contributed by atoms with Crippen LogP contribution in [0.3, 0.4) is 0 Å². The van der Waals surface area contributed by atoms with Crippen LogP contribution in [0.5, 0.6) is 0 Å². The van der Waals surface area contributed by atoms with E-state index in [2.05, 4.69) is 32.1 Å². The molecule has 1 saturated heterocycles. The van der Waals surface area contributed by atoms with Gasteiger partial charge >= 0.3 is 0 Å². The van der Waals surface area contributed by atoms with Crippen molar-refractivity contribution in [1.29, 1.82) is 0 Å². The van der Waals surface area contributed by atoms with Crippen LogP contribution in [0.4, 0.5) is 11.6 Å². The van der Waals surface area contributed by atoms with Crippen LogP contribution in [0.1, 0.15) is 32.2 Å². The number of likely N-dealkylation sites (N-methyl/N-ethyl adjacent to an activating group) is 1. The van der Waals surface area contributed by atoms with Gasteiger partial charge in [-0.25, -0.2) is 9.97 Å². The van der Waals surface area contributed by atoms with Gasteiger partial charge in [0.1, 0.15) is 0 Å². The predicted octanol–water partition coefficient (Wildman–Crippen LogP) is 1.83. The quantitative estimate of drug-likeness (QED) is 0.903. The SMILES string of the molecule is Cc1nc(N2CCN(C)CC2)nc(C)c1NC(=O)C(C)(C)C. The number of hydrogen-bond donors (Lipinski definition) is 1. The molecule has 1 aliphatic heterocycles. The summed E-state index contributed by atoms with van der Waals surface area (Å²) in [6.07, 6.45) is 0. The van der Waals surface area contributed by atoms with Crippen LogP contribution in [-0.2, 0) is 4.79 Å². The number of aromatic nitrogens is 2. The zero-order valence-corrected chi connectivity index (χ0v) is 14.5. The Morgan fingerprint density at radius 3 is 2.00 bits per heavy atom. The van der Waals surface area contributed by atoms with E-state index in [9.17, 15) is 4.79 Å². The lowest BCUT2D eigenvalue weighted by atomic mass is 9.95. The highest BCUT2D eigenvalue weighted by Crippen LogP contribution is 2.24. The summed E-state index contributed by atoms with van der Waals surface area (Å²) in [5.74, 6) is 0.742. The van der Waals surface area contributed by atoms with Crippen LogP contribution in [-0.4, -0.2) is 54.0 Å². The second kappa shape index (κ2) is 6.20. The third-order valence-corrected chi connectivity index (χ3v) is 3.96. The number of nitrogens with zero attached hydrogens (tertiary/aromatic N) is 4. The Kier molecular flexibility index (Phi) is 4.70. The minimum Gasteiger partial charge on any atom is -0.338 e. The van der Waals surface area contributed by atoms with Crippen molar-refractivity contribution in [2.24, 2.45) is 5.41 Å². The molecule has 2 heterocycles. The number of piperazine rings is 1. The second-order valence-corrected chi connectivity index (χ2v) is 7.06. The summed E-state index contributed by atoms with van der Waals surface area (Å²) in [6.45, 7) is 13.4. The van der Waals surface area contributed by atoms with E-state index in [1.807, 2.05) is 34.6 Å². The van der Waals surface area contributed by atoms with Crippen LogP contribution in [0.25, 0.3) is 0 Å². The summed E-state index contributed by atoms with van der Waals surface area (Å²) < 4.78 is 0. The van der Waals surface area contributed by atoms with Crippen molar-refractivity contribution in [2.75, 3.05) is 43.4 Å². The molecule has 0 aliphatic carbocycles. The maximum atomic E-state index is 12.2. The molecule has 1 aliphatic rings. The molecule has 1 N–H and O–H groups in total. The molecule has 1 aromatic heterocycles. The molecule has 0 radical (unpaired) electrons. The Morgan fingerprint density at radius 1 is 1.05 bits per heavy atom. The van der Waals surface area contributed by atoms with Crippen LogP contribution >= 0.6 is 0 Å². The van der Waals surface area contributed by atoms with Gasteiger partial charge in [0.2, 0.25) is 11.9 Å². The number of amides is 1. The van der Waals surface area contributed by atoms with Crippen molar-refractivity contribution in [3.05, 3.63) is 11.4 Å². The summed E-state index contributed by atoms with van der Waals surface area (Å²) >= 11 is 0. The third-order valence-electron chi connectivity index (χ3n) is 3.96.